The minimum Gasteiger partial charge on any atom is -0.298 e. The van der Waals surface area contributed by atoms with Gasteiger partial charge in [0.25, 0.3) is 5.56 Å². The minimum absolute atomic E-state index is 0.0404. The van der Waals surface area contributed by atoms with E-state index in [1.54, 1.807) is 22.5 Å². The highest BCUT2D eigenvalue weighted by Crippen LogP contribution is 2.06. The fourth-order valence-electron chi connectivity index (χ4n) is 1.56. The number of aromatic nitrogens is 4. The smallest absolute Gasteiger partial charge is 0.267 e. The Labute approximate surface area is 107 Å². The molecule has 0 bridgehead atoms. The Morgan fingerprint density at radius 3 is 2.88 bits per heavy atom. The van der Waals surface area contributed by atoms with Gasteiger partial charge in [-0.25, -0.2) is 4.98 Å². The van der Waals surface area contributed by atoms with Gasteiger partial charge in [-0.1, -0.05) is 0 Å². The highest BCUT2D eigenvalue weighted by Gasteiger charge is 2.05. The van der Waals surface area contributed by atoms with E-state index in [2.05, 4.69) is 26.0 Å². The summed E-state index contributed by atoms with van der Waals surface area (Å²) in [5.74, 6) is 0. The lowest BCUT2D eigenvalue weighted by Crippen LogP contribution is -2.23. The quantitative estimate of drug-likeness (QED) is 0.858. The van der Waals surface area contributed by atoms with Gasteiger partial charge in [-0.05, 0) is 34.8 Å². The van der Waals surface area contributed by atoms with Crippen molar-refractivity contribution in [3.8, 4) is 0 Å². The summed E-state index contributed by atoms with van der Waals surface area (Å²) >= 11 is 3.25. The van der Waals surface area contributed by atoms with Crippen LogP contribution in [0.1, 0.15) is 11.3 Å². The second-order valence-electron chi connectivity index (χ2n) is 3.91. The number of hydrogen-bond acceptors (Lipinski definition) is 3. The van der Waals surface area contributed by atoms with E-state index in [4.69, 9.17) is 0 Å². The van der Waals surface area contributed by atoms with Gasteiger partial charge < -0.3 is 0 Å². The van der Waals surface area contributed by atoms with Gasteiger partial charge in [-0.15, -0.1) is 0 Å². The monoisotopic (exact) mass is 296 g/mol. The molecule has 0 amide bonds. The van der Waals surface area contributed by atoms with Gasteiger partial charge in [0, 0.05) is 19.8 Å². The van der Waals surface area contributed by atoms with Crippen LogP contribution in [0.3, 0.4) is 0 Å². The van der Waals surface area contributed by atoms with Crippen molar-refractivity contribution in [1.82, 2.24) is 19.3 Å². The first kappa shape index (κ1) is 12.0. The highest BCUT2D eigenvalue weighted by molar-refractivity contribution is 9.10. The molecule has 0 saturated carbocycles. The predicted molar refractivity (Wildman–Crippen MR) is 67.8 cm³/mol. The Morgan fingerprint density at radius 1 is 1.47 bits per heavy atom. The van der Waals surface area contributed by atoms with E-state index in [9.17, 15) is 4.79 Å². The molecule has 0 aliphatic rings. The second kappa shape index (κ2) is 4.83. The van der Waals surface area contributed by atoms with E-state index in [0.717, 1.165) is 12.0 Å². The number of nitrogens with zero attached hydrogens (tertiary/aromatic N) is 4. The molecule has 17 heavy (non-hydrogen) atoms. The molecule has 0 aromatic carbocycles. The van der Waals surface area contributed by atoms with Crippen LogP contribution in [0.25, 0.3) is 0 Å². The van der Waals surface area contributed by atoms with Crippen molar-refractivity contribution in [2.75, 3.05) is 0 Å². The van der Waals surface area contributed by atoms with Crippen molar-refractivity contribution in [3.05, 3.63) is 44.8 Å². The highest BCUT2D eigenvalue weighted by atomic mass is 79.9. The standard InChI is InChI=1S/C11H13BrN4O/c1-8-10(12)11(17)16(7-13-8)4-3-9-5-14-15(2)6-9/h5-7H,3-4H2,1-2H3. The average molecular weight is 297 g/mol. The SMILES string of the molecule is Cc1ncn(CCc2cnn(C)c2)c(=O)c1Br. The van der Waals surface area contributed by atoms with Crippen LogP contribution in [0.15, 0.2) is 28.0 Å². The van der Waals surface area contributed by atoms with Gasteiger partial charge in [0.15, 0.2) is 0 Å². The van der Waals surface area contributed by atoms with Crippen molar-refractivity contribution in [2.24, 2.45) is 7.05 Å². The third-order valence-corrected chi connectivity index (χ3v) is 3.47. The summed E-state index contributed by atoms with van der Waals surface area (Å²) < 4.78 is 3.89. The Balaban J connectivity index is 2.15. The third kappa shape index (κ3) is 2.63. The molecule has 2 aromatic heterocycles. The molecular formula is C11H13BrN4O. The largest absolute Gasteiger partial charge is 0.298 e. The lowest BCUT2D eigenvalue weighted by atomic mass is 10.2. The summed E-state index contributed by atoms with van der Waals surface area (Å²) in [5.41, 5.74) is 1.78. The fraction of sp³-hybridized carbons (Fsp3) is 0.364. The third-order valence-electron chi connectivity index (χ3n) is 2.56. The molecular weight excluding hydrogens is 284 g/mol. The first-order chi connectivity index (χ1) is 8.08. The van der Waals surface area contributed by atoms with Crippen LogP contribution in [-0.4, -0.2) is 19.3 Å². The number of halogens is 1. The first-order valence-electron chi connectivity index (χ1n) is 5.27. The van der Waals surface area contributed by atoms with Crippen LogP contribution in [0, 0.1) is 6.92 Å². The Kier molecular flexibility index (Phi) is 3.42. The Bertz CT molecular complexity index is 587. The molecule has 0 unspecified atom stereocenters. The number of aryl methyl sites for hydroxylation is 4. The Hall–Kier alpha value is -1.43. The fourth-order valence-corrected chi connectivity index (χ4v) is 1.89. The van der Waals surface area contributed by atoms with Gasteiger partial charge in [0.05, 0.1) is 18.2 Å². The maximum absolute atomic E-state index is 11.9. The van der Waals surface area contributed by atoms with Crippen LogP contribution in [0.4, 0.5) is 0 Å². The van der Waals surface area contributed by atoms with Crippen LogP contribution in [-0.2, 0) is 20.0 Å². The molecule has 0 N–H and O–H groups in total. The topological polar surface area (TPSA) is 52.7 Å². The molecule has 0 saturated heterocycles. The van der Waals surface area contributed by atoms with Crippen molar-refractivity contribution < 1.29 is 0 Å². The van der Waals surface area contributed by atoms with Crippen LogP contribution >= 0.6 is 15.9 Å². The van der Waals surface area contributed by atoms with E-state index in [0.29, 0.717) is 16.7 Å². The summed E-state index contributed by atoms with van der Waals surface area (Å²) in [6.07, 6.45) is 6.10. The lowest BCUT2D eigenvalue weighted by molar-refractivity contribution is 0.647. The van der Waals surface area contributed by atoms with Crippen molar-refractivity contribution in [1.29, 1.82) is 0 Å². The van der Waals surface area contributed by atoms with Gasteiger partial charge >= 0.3 is 0 Å². The summed E-state index contributed by atoms with van der Waals surface area (Å²) in [4.78, 5) is 16.0. The molecule has 0 aliphatic carbocycles. The molecule has 6 heteroatoms. The van der Waals surface area contributed by atoms with Gasteiger partial charge in [0.2, 0.25) is 0 Å². The van der Waals surface area contributed by atoms with E-state index in [1.165, 1.54) is 0 Å². The summed E-state index contributed by atoms with van der Waals surface area (Å²) in [6.45, 7) is 2.41. The second-order valence-corrected chi connectivity index (χ2v) is 4.71. The molecule has 0 fully saturated rings. The van der Waals surface area contributed by atoms with Gasteiger partial charge in [-0.3, -0.25) is 14.0 Å². The predicted octanol–water partition coefficient (Wildman–Crippen LogP) is 1.29. The molecule has 90 valence electrons. The molecule has 2 heterocycles. The van der Waals surface area contributed by atoms with Gasteiger partial charge in [0.1, 0.15) is 4.47 Å². The minimum atomic E-state index is -0.0404. The summed E-state index contributed by atoms with van der Waals surface area (Å²) in [5, 5.41) is 4.09. The molecule has 0 atom stereocenters. The lowest BCUT2D eigenvalue weighted by Gasteiger charge is -2.05. The first-order valence-corrected chi connectivity index (χ1v) is 6.06. The van der Waals surface area contributed by atoms with E-state index >= 15 is 0 Å². The summed E-state index contributed by atoms with van der Waals surface area (Å²) in [6, 6.07) is 0. The molecule has 5 nitrogen and oxygen atoms in total. The number of hydrogen-bond donors (Lipinski definition) is 0. The molecule has 2 aromatic rings. The summed E-state index contributed by atoms with van der Waals surface area (Å²) in [7, 11) is 1.87. The molecule has 0 aliphatic heterocycles. The zero-order valence-corrected chi connectivity index (χ0v) is 11.3. The van der Waals surface area contributed by atoms with E-state index < -0.39 is 0 Å². The van der Waals surface area contributed by atoms with E-state index in [-0.39, 0.29) is 5.56 Å². The molecule has 2 rings (SSSR count). The average Bonchev–Trinajstić information content (AvgIpc) is 2.71. The van der Waals surface area contributed by atoms with E-state index in [1.807, 2.05) is 19.4 Å². The maximum Gasteiger partial charge on any atom is 0.267 e. The molecule has 0 radical (unpaired) electrons. The van der Waals surface area contributed by atoms with Crippen LogP contribution in [0.5, 0.6) is 0 Å². The normalized spacial score (nSPS) is 10.8. The Morgan fingerprint density at radius 2 is 2.24 bits per heavy atom. The zero-order chi connectivity index (χ0) is 12.4. The molecule has 0 spiro atoms. The van der Waals surface area contributed by atoms with Crippen LogP contribution < -0.4 is 5.56 Å². The van der Waals surface area contributed by atoms with Crippen LogP contribution in [0.2, 0.25) is 0 Å². The van der Waals surface area contributed by atoms with Crippen molar-refractivity contribution in [3.63, 3.8) is 0 Å². The zero-order valence-electron chi connectivity index (χ0n) is 9.72. The van der Waals surface area contributed by atoms with Crippen molar-refractivity contribution in [2.45, 2.75) is 19.9 Å². The van der Waals surface area contributed by atoms with Crippen molar-refractivity contribution >= 4 is 15.9 Å². The number of rotatable bonds is 3. The van der Waals surface area contributed by atoms with Gasteiger partial charge in [-0.2, -0.15) is 5.10 Å². The maximum atomic E-state index is 11.9.